The van der Waals surface area contributed by atoms with Gasteiger partial charge in [0.25, 0.3) is 0 Å². The molecule has 19 heavy (non-hydrogen) atoms. The van der Waals surface area contributed by atoms with Crippen molar-refractivity contribution in [2.24, 2.45) is 4.99 Å². The highest BCUT2D eigenvalue weighted by atomic mass is 127. The molecule has 1 saturated heterocycles. The number of carbonyl (C=O) groups is 2. The van der Waals surface area contributed by atoms with Crippen molar-refractivity contribution in [1.29, 1.82) is 0 Å². The topological polar surface area (TPSA) is 85.8 Å². The van der Waals surface area contributed by atoms with Crippen molar-refractivity contribution in [3.8, 4) is 0 Å². The van der Waals surface area contributed by atoms with E-state index in [0.717, 1.165) is 6.54 Å². The van der Waals surface area contributed by atoms with Gasteiger partial charge in [-0.25, -0.2) is 4.79 Å². The molecule has 0 bridgehead atoms. The fourth-order valence-electron chi connectivity index (χ4n) is 1.45. The molecule has 0 radical (unpaired) electrons. The SMILES string of the molecule is C=CCNC(=NCCN1C(=O)CNC1=O)NCC.I. The van der Waals surface area contributed by atoms with Crippen molar-refractivity contribution < 1.29 is 9.59 Å². The van der Waals surface area contributed by atoms with Crippen molar-refractivity contribution in [2.45, 2.75) is 6.92 Å². The molecular weight excluding hydrogens is 361 g/mol. The van der Waals surface area contributed by atoms with E-state index in [9.17, 15) is 9.59 Å². The number of hydrogen-bond acceptors (Lipinski definition) is 3. The maximum absolute atomic E-state index is 11.3. The Hall–Kier alpha value is -1.32. The van der Waals surface area contributed by atoms with Gasteiger partial charge in [-0.3, -0.25) is 14.7 Å². The molecule has 1 aliphatic heterocycles. The fourth-order valence-corrected chi connectivity index (χ4v) is 1.45. The first-order valence-electron chi connectivity index (χ1n) is 5.90. The van der Waals surface area contributed by atoms with E-state index in [1.807, 2.05) is 6.92 Å². The Morgan fingerprint density at radius 2 is 2.26 bits per heavy atom. The van der Waals surface area contributed by atoms with Gasteiger partial charge in [-0.2, -0.15) is 0 Å². The predicted molar refractivity (Wildman–Crippen MR) is 84.7 cm³/mol. The summed E-state index contributed by atoms with van der Waals surface area (Å²) in [5.74, 6) is 0.434. The first-order chi connectivity index (χ1) is 8.69. The first-order valence-corrected chi connectivity index (χ1v) is 5.90. The minimum absolute atomic E-state index is 0. The standard InChI is InChI=1S/C11H19N5O2.HI/c1-3-5-13-10(12-4-2)14-6-7-16-9(17)8-15-11(16)18;/h3H,1,4-8H2,2H3,(H,15,18)(H2,12,13,14);1H. The van der Waals surface area contributed by atoms with Gasteiger partial charge in [0.2, 0.25) is 5.91 Å². The van der Waals surface area contributed by atoms with Gasteiger partial charge in [0, 0.05) is 13.1 Å². The normalized spacial score (nSPS) is 14.8. The maximum Gasteiger partial charge on any atom is 0.324 e. The number of aliphatic imine (C=N–C) groups is 1. The van der Waals surface area contributed by atoms with Crippen molar-refractivity contribution in [1.82, 2.24) is 20.9 Å². The van der Waals surface area contributed by atoms with Crippen molar-refractivity contribution in [2.75, 3.05) is 32.7 Å². The third kappa shape index (κ3) is 5.90. The summed E-state index contributed by atoms with van der Waals surface area (Å²) in [4.78, 5) is 28.0. The zero-order valence-corrected chi connectivity index (χ0v) is 13.3. The molecule has 0 aromatic rings. The van der Waals surface area contributed by atoms with E-state index < -0.39 is 0 Å². The molecular formula is C11H20IN5O2. The number of urea groups is 1. The first kappa shape index (κ1) is 17.7. The number of nitrogens with one attached hydrogen (secondary N) is 3. The maximum atomic E-state index is 11.3. The number of carbonyl (C=O) groups excluding carboxylic acids is 2. The molecule has 0 saturated carbocycles. The van der Waals surface area contributed by atoms with Crippen LogP contribution in [0.5, 0.6) is 0 Å². The van der Waals surface area contributed by atoms with E-state index in [0.29, 0.717) is 19.0 Å². The largest absolute Gasteiger partial charge is 0.357 e. The van der Waals surface area contributed by atoms with E-state index in [1.54, 1.807) is 6.08 Å². The summed E-state index contributed by atoms with van der Waals surface area (Å²) in [6, 6.07) is -0.348. The van der Waals surface area contributed by atoms with Crippen molar-refractivity contribution >= 4 is 41.9 Å². The van der Waals surface area contributed by atoms with Crippen molar-refractivity contribution in [3.63, 3.8) is 0 Å². The second-order valence-corrected chi connectivity index (χ2v) is 3.63. The quantitative estimate of drug-likeness (QED) is 0.197. The summed E-state index contributed by atoms with van der Waals surface area (Å²) >= 11 is 0. The third-order valence-corrected chi connectivity index (χ3v) is 2.29. The molecule has 0 atom stereocenters. The highest BCUT2D eigenvalue weighted by molar-refractivity contribution is 14.0. The molecule has 108 valence electrons. The number of imide groups is 1. The lowest BCUT2D eigenvalue weighted by atomic mass is 10.5. The minimum Gasteiger partial charge on any atom is -0.357 e. The van der Waals surface area contributed by atoms with Gasteiger partial charge in [-0.05, 0) is 6.92 Å². The number of rotatable bonds is 6. The van der Waals surface area contributed by atoms with Gasteiger partial charge in [0.15, 0.2) is 5.96 Å². The molecule has 1 fully saturated rings. The molecule has 0 aromatic carbocycles. The van der Waals surface area contributed by atoms with E-state index >= 15 is 0 Å². The lowest BCUT2D eigenvalue weighted by Crippen LogP contribution is -2.38. The summed E-state index contributed by atoms with van der Waals surface area (Å²) in [5.41, 5.74) is 0. The second-order valence-electron chi connectivity index (χ2n) is 3.63. The average Bonchev–Trinajstić information content (AvgIpc) is 2.67. The Morgan fingerprint density at radius 1 is 1.53 bits per heavy atom. The Balaban J connectivity index is 0.00000324. The van der Waals surface area contributed by atoms with Gasteiger partial charge >= 0.3 is 6.03 Å². The predicted octanol–water partition coefficient (Wildman–Crippen LogP) is -0.103. The second kappa shape index (κ2) is 9.59. The molecule has 0 aromatic heterocycles. The number of amides is 3. The summed E-state index contributed by atoms with van der Waals surface area (Å²) < 4.78 is 0. The Kier molecular flexibility index (Phi) is 8.92. The molecule has 1 rings (SSSR count). The minimum atomic E-state index is -0.348. The van der Waals surface area contributed by atoms with E-state index in [-0.39, 0.29) is 49.0 Å². The van der Waals surface area contributed by atoms with Gasteiger partial charge in [0.1, 0.15) is 0 Å². The van der Waals surface area contributed by atoms with Crippen LogP contribution < -0.4 is 16.0 Å². The van der Waals surface area contributed by atoms with E-state index in [1.165, 1.54) is 4.90 Å². The Labute approximate surface area is 129 Å². The van der Waals surface area contributed by atoms with E-state index in [4.69, 9.17) is 0 Å². The molecule has 8 heteroatoms. The molecule has 7 nitrogen and oxygen atoms in total. The lowest BCUT2D eigenvalue weighted by Gasteiger charge is -2.12. The van der Waals surface area contributed by atoms with Crippen LogP contribution in [-0.2, 0) is 4.79 Å². The number of halogens is 1. The molecule has 0 spiro atoms. The van der Waals surface area contributed by atoms with Crippen LogP contribution in [0.15, 0.2) is 17.6 Å². The molecule has 0 aliphatic carbocycles. The lowest BCUT2D eigenvalue weighted by molar-refractivity contribution is -0.124. The summed E-state index contributed by atoms with van der Waals surface area (Å²) in [7, 11) is 0. The number of guanidine groups is 1. The van der Waals surface area contributed by atoms with Crippen LogP contribution in [0.3, 0.4) is 0 Å². The van der Waals surface area contributed by atoms with Gasteiger partial charge in [-0.1, -0.05) is 6.08 Å². The van der Waals surface area contributed by atoms with Crippen LogP contribution in [0.2, 0.25) is 0 Å². The van der Waals surface area contributed by atoms with E-state index in [2.05, 4.69) is 27.5 Å². The zero-order valence-electron chi connectivity index (χ0n) is 10.9. The highest BCUT2D eigenvalue weighted by Gasteiger charge is 2.27. The molecule has 3 N–H and O–H groups in total. The van der Waals surface area contributed by atoms with Crippen LogP contribution in [-0.4, -0.2) is 55.5 Å². The zero-order chi connectivity index (χ0) is 13.4. The smallest absolute Gasteiger partial charge is 0.324 e. The monoisotopic (exact) mass is 381 g/mol. The molecule has 0 unspecified atom stereocenters. The number of hydrogen-bond donors (Lipinski definition) is 3. The van der Waals surface area contributed by atoms with Gasteiger partial charge in [-0.15, -0.1) is 30.6 Å². The summed E-state index contributed by atoms with van der Waals surface area (Å²) in [6.45, 7) is 7.65. The average molecular weight is 381 g/mol. The van der Waals surface area contributed by atoms with Crippen LogP contribution in [0.4, 0.5) is 4.79 Å². The van der Waals surface area contributed by atoms with Gasteiger partial charge < -0.3 is 16.0 Å². The van der Waals surface area contributed by atoms with Crippen LogP contribution in [0.25, 0.3) is 0 Å². The van der Waals surface area contributed by atoms with Crippen LogP contribution >= 0.6 is 24.0 Å². The summed E-state index contributed by atoms with van der Waals surface area (Å²) in [5, 5.41) is 8.55. The molecule has 3 amide bonds. The van der Waals surface area contributed by atoms with Gasteiger partial charge in [0.05, 0.1) is 19.6 Å². The third-order valence-electron chi connectivity index (χ3n) is 2.29. The Morgan fingerprint density at radius 3 is 2.79 bits per heavy atom. The highest BCUT2D eigenvalue weighted by Crippen LogP contribution is 1.97. The molecule has 1 aliphatic rings. The fraction of sp³-hybridized carbons (Fsp3) is 0.545. The van der Waals surface area contributed by atoms with Crippen LogP contribution in [0, 0.1) is 0 Å². The summed E-state index contributed by atoms with van der Waals surface area (Å²) in [6.07, 6.45) is 1.73. The number of nitrogens with zero attached hydrogens (tertiary/aromatic N) is 2. The van der Waals surface area contributed by atoms with Crippen molar-refractivity contribution in [3.05, 3.63) is 12.7 Å². The molecule has 1 heterocycles. The van der Waals surface area contributed by atoms with Crippen LogP contribution in [0.1, 0.15) is 6.92 Å². The Bertz CT molecular complexity index is 343.